The van der Waals surface area contributed by atoms with Gasteiger partial charge < -0.3 is 10.7 Å². The summed E-state index contributed by atoms with van der Waals surface area (Å²) in [7, 11) is 0. The summed E-state index contributed by atoms with van der Waals surface area (Å²) in [6, 6.07) is 6.67. The third kappa shape index (κ3) is 2.17. The highest BCUT2D eigenvalue weighted by atomic mass is 35.5. The van der Waals surface area contributed by atoms with Crippen molar-refractivity contribution in [1.82, 2.24) is 19.5 Å². The molecule has 0 fully saturated rings. The average Bonchev–Trinajstić information content (AvgIpc) is 2.75. The van der Waals surface area contributed by atoms with E-state index in [1.165, 1.54) is 4.57 Å². The predicted octanol–water partition coefficient (Wildman–Crippen LogP) is 1.17. The molecule has 0 atom stereocenters. The number of aromatic nitrogens is 4. The van der Waals surface area contributed by atoms with Crippen molar-refractivity contribution in [1.29, 1.82) is 0 Å². The number of fused-ring (bicyclic) bond motifs is 1. The van der Waals surface area contributed by atoms with Crippen LogP contribution in [0.4, 0.5) is 0 Å². The number of hydrogen-bond acceptors (Lipinski definition) is 4. The lowest BCUT2D eigenvalue weighted by molar-refractivity contribution is 0.0997. The number of aromatic amines is 1. The van der Waals surface area contributed by atoms with Gasteiger partial charge >= 0.3 is 5.69 Å². The van der Waals surface area contributed by atoms with Crippen molar-refractivity contribution in [3.05, 3.63) is 51.3 Å². The summed E-state index contributed by atoms with van der Waals surface area (Å²) in [5, 5.41) is 0.551. The first-order chi connectivity index (χ1) is 9.97. The first-order valence-electron chi connectivity index (χ1n) is 6.02. The Morgan fingerprint density at radius 2 is 1.95 bits per heavy atom. The van der Waals surface area contributed by atoms with Gasteiger partial charge in [-0.2, -0.15) is 0 Å². The third-order valence-electron chi connectivity index (χ3n) is 2.97. The molecule has 1 amide bonds. The van der Waals surface area contributed by atoms with Crippen molar-refractivity contribution in [3.63, 3.8) is 0 Å². The quantitative estimate of drug-likeness (QED) is 0.741. The van der Waals surface area contributed by atoms with Gasteiger partial charge in [0.15, 0.2) is 11.3 Å². The summed E-state index contributed by atoms with van der Waals surface area (Å²) in [5.41, 5.74) is 5.93. The van der Waals surface area contributed by atoms with Crippen LogP contribution in [0, 0.1) is 6.92 Å². The summed E-state index contributed by atoms with van der Waals surface area (Å²) in [4.78, 5) is 34.4. The fourth-order valence-corrected chi connectivity index (χ4v) is 2.23. The number of aryl methyl sites for hydroxylation is 1. The summed E-state index contributed by atoms with van der Waals surface area (Å²) in [5.74, 6) is -0.381. The average molecular weight is 304 g/mol. The monoisotopic (exact) mass is 303 g/mol. The summed E-state index contributed by atoms with van der Waals surface area (Å²) < 4.78 is 1.34. The van der Waals surface area contributed by atoms with Gasteiger partial charge in [0.25, 0.3) is 5.91 Å². The number of benzene rings is 1. The summed E-state index contributed by atoms with van der Waals surface area (Å²) >= 11 is 5.84. The van der Waals surface area contributed by atoms with E-state index >= 15 is 0 Å². The van der Waals surface area contributed by atoms with E-state index in [-0.39, 0.29) is 11.2 Å². The Balaban J connectivity index is 2.39. The zero-order chi connectivity index (χ0) is 15.1. The van der Waals surface area contributed by atoms with Crippen LogP contribution in [0.15, 0.2) is 29.1 Å². The zero-order valence-corrected chi connectivity index (χ0v) is 11.7. The maximum atomic E-state index is 12.2. The number of carbonyl (C=O) groups is 1. The van der Waals surface area contributed by atoms with Crippen LogP contribution in [0.2, 0.25) is 5.02 Å². The highest BCUT2D eigenvalue weighted by molar-refractivity contribution is 6.30. The number of nitrogens with zero attached hydrogens (tertiary/aromatic N) is 3. The van der Waals surface area contributed by atoms with E-state index in [2.05, 4.69) is 15.0 Å². The molecule has 8 heteroatoms. The molecule has 0 saturated carbocycles. The molecule has 0 aliphatic rings. The number of imidazole rings is 1. The minimum atomic E-state index is -0.727. The molecule has 2 aromatic heterocycles. The molecular formula is C13H10ClN5O2. The molecule has 21 heavy (non-hydrogen) atoms. The Bertz CT molecular complexity index is 911. The van der Waals surface area contributed by atoms with Gasteiger partial charge in [-0.15, -0.1) is 0 Å². The Morgan fingerprint density at radius 1 is 1.29 bits per heavy atom. The van der Waals surface area contributed by atoms with Gasteiger partial charge in [0.05, 0.1) is 5.69 Å². The fourth-order valence-electron chi connectivity index (χ4n) is 2.10. The normalized spacial score (nSPS) is 11.0. The second kappa shape index (κ2) is 4.71. The first kappa shape index (κ1) is 13.3. The Labute approximate surface area is 123 Å². The fraction of sp³-hybridized carbons (Fsp3) is 0.0769. The van der Waals surface area contributed by atoms with Gasteiger partial charge in [-0.05, 0) is 31.2 Å². The SMILES string of the molecule is Cc1nc(C(N)=O)c2[nH]c(=O)n(-c3ccc(Cl)cc3)c2n1. The topological polar surface area (TPSA) is 107 Å². The van der Waals surface area contributed by atoms with E-state index in [4.69, 9.17) is 17.3 Å². The van der Waals surface area contributed by atoms with Crippen LogP contribution in [-0.2, 0) is 0 Å². The molecule has 3 rings (SSSR count). The van der Waals surface area contributed by atoms with Crippen molar-refractivity contribution in [3.8, 4) is 5.69 Å². The minimum Gasteiger partial charge on any atom is -0.364 e. The van der Waals surface area contributed by atoms with Crippen LogP contribution in [0.5, 0.6) is 0 Å². The molecule has 3 N–H and O–H groups in total. The highest BCUT2D eigenvalue weighted by Crippen LogP contribution is 2.18. The van der Waals surface area contributed by atoms with Gasteiger partial charge in [0, 0.05) is 5.02 Å². The van der Waals surface area contributed by atoms with Crippen molar-refractivity contribution in [2.24, 2.45) is 5.73 Å². The largest absolute Gasteiger partial charge is 0.364 e. The van der Waals surface area contributed by atoms with Crippen molar-refractivity contribution >= 4 is 28.7 Å². The highest BCUT2D eigenvalue weighted by Gasteiger charge is 2.18. The van der Waals surface area contributed by atoms with Crippen LogP contribution in [-0.4, -0.2) is 25.4 Å². The number of carbonyl (C=O) groups excluding carboxylic acids is 1. The van der Waals surface area contributed by atoms with Gasteiger partial charge in [0.2, 0.25) is 0 Å². The molecule has 0 saturated heterocycles. The molecule has 7 nitrogen and oxygen atoms in total. The molecule has 2 heterocycles. The number of halogens is 1. The maximum Gasteiger partial charge on any atom is 0.332 e. The van der Waals surface area contributed by atoms with Crippen LogP contribution in [0.1, 0.15) is 16.3 Å². The smallest absolute Gasteiger partial charge is 0.332 e. The summed E-state index contributed by atoms with van der Waals surface area (Å²) in [6.07, 6.45) is 0. The number of amides is 1. The number of hydrogen-bond donors (Lipinski definition) is 2. The maximum absolute atomic E-state index is 12.2. The van der Waals surface area contributed by atoms with Crippen molar-refractivity contribution < 1.29 is 4.79 Å². The molecule has 3 aromatic rings. The second-order valence-electron chi connectivity index (χ2n) is 4.42. The molecule has 0 unspecified atom stereocenters. The number of nitrogens with one attached hydrogen (secondary N) is 1. The van der Waals surface area contributed by atoms with E-state index in [9.17, 15) is 9.59 Å². The van der Waals surface area contributed by atoms with Gasteiger partial charge in [-0.3, -0.25) is 4.79 Å². The van der Waals surface area contributed by atoms with E-state index < -0.39 is 11.6 Å². The van der Waals surface area contributed by atoms with Crippen molar-refractivity contribution in [2.45, 2.75) is 6.92 Å². The Morgan fingerprint density at radius 3 is 2.57 bits per heavy atom. The lowest BCUT2D eigenvalue weighted by atomic mass is 10.3. The number of nitrogens with two attached hydrogens (primary N) is 1. The van der Waals surface area contributed by atoms with Crippen LogP contribution in [0.25, 0.3) is 16.9 Å². The molecule has 0 aliphatic heterocycles. The third-order valence-corrected chi connectivity index (χ3v) is 3.22. The standard InChI is InChI=1S/C13H10ClN5O2/c1-6-16-9(11(15)20)10-12(17-6)19(13(21)18-10)8-4-2-7(14)3-5-8/h2-5H,1H3,(H2,15,20)(H,18,21). The second-order valence-corrected chi connectivity index (χ2v) is 4.86. The molecule has 0 radical (unpaired) electrons. The molecule has 106 valence electrons. The van der Waals surface area contributed by atoms with Crippen molar-refractivity contribution in [2.75, 3.05) is 0 Å². The minimum absolute atomic E-state index is 0.0117. The predicted molar refractivity (Wildman–Crippen MR) is 77.8 cm³/mol. The number of primary amides is 1. The van der Waals surface area contributed by atoms with E-state index in [1.807, 2.05) is 0 Å². The molecule has 1 aromatic carbocycles. The first-order valence-corrected chi connectivity index (χ1v) is 6.40. The lowest BCUT2D eigenvalue weighted by Crippen LogP contribution is -2.15. The van der Waals surface area contributed by atoms with Crippen LogP contribution < -0.4 is 11.4 Å². The van der Waals surface area contributed by atoms with E-state index in [0.29, 0.717) is 22.2 Å². The van der Waals surface area contributed by atoms with Gasteiger partial charge in [-0.25, -0.2) is 19.3 Å². The summed E-state index contributed by atoms with van der Waals surface area (Å²) in [6.45, 7) is 1.62. The van der Waals surface area contributed by atoms with E-state index in [1.54, 1.807) is 31.2 Å². The molecule has 0 aliphatic carbocycles. The van der Waals surface area contributed by atoms with E-state index in [0.717, 1.165) is 0 Å². The number of H-pyrrole nitrogens is 1. The molecule has 0 spiro atoms. The Hall–Kier alpha value is -2.67. The van der Waals surface area contributed by atoms with Gasteiger partial charge in [-0.1, -0.05) is 11.6 Å². The molecule has 0 bridgehead atoms. The Kier molecular flexibility index (Phi) is 2.99. The van der Waals surface area contributed by atoms with Crippen LogP contribution >= 0.6 is 11.6 Å². The van der Waals surface area contributed by atoms with Crippen LogP contribution in [0.3, 0.4) is 0 Å². The lowest BCUT2D eigenvalue weighted by Gasteiger charge is -2.04. The molecular weight excluding hydrogens is 294 g/mol. The zero-order valence-electron chi connectivity index (χ0n) is 10.9. The van der Waals surface area contributed by atoms with Gasteiger partial charge in [0.1, 0.15) is 11.3 Å². The number of rotatable bonds is 2.